The van der Waals surface area contributed by atoms with Crippen LogP contribution in [-0.2, 0) is 0 Å². The molecule has 0 amide bonds. The molecule has 3 atom stereocenters. The topological polar surface area (TPSA) is 15.3 Å². The van der Waals surface area contributed by atoms with Crippen LogP contribution in [-0.4, -0.2) is 48.1 Å². The summed E-state index contributed by atoms with van der Waals surface area (Å²) in [6, 6.07) is 1.68. The number of rotatable bonds is 3. The lowest BCUT2D eigenvalue weighted by molar-refractivity contribution is 0.190. The molecular formula is C13H24N2S. The van der Waals surface area contributed by atoms with Crippen LogP contribution >= 0.6 is 11.8 Å². The third kappa shape index (κ3) is 2.41. The summed E-state index contributed by atoms with van der Waals surface area (Å²) in [6.07, 6.45) is 7.15. The standard InChI is InChI=1S/C13H24N2S/c1-3-12(14-6-1)13-4-2-7-15(13)9-11-5-8-16-10-11/h11-14H,1-10H2. The predicted molar refractivity (Wildman–Crippen MR) is 71.1 cm³/mol. The van der Waals surface area contributed by atoms with Crippen LogP contribution in [0.5, 0.6) is 0 Å². The number of nitrogens with one attached hydrogen (secondary N) is 1. The average Bonchev–Trinajstić information content (AvgIpc) is 2.98. The zero-order valence-corrected chi connectivity index (χ0v) is 11.0. The number of nitrogens with zero attached hydrogens (tertiary/aromatic N) is 1. The lowest BCUT2D eigenvalue weighted by Gasteiger charge is -2.31. The number of thioether (sulfide) groups is 1. The van der Waals surface area contributed by atoms with Gasteiger partial charge in [-0.2, -0.15) is 11.8 Å². The van der Waals surface area contributed by atoms with Gasteiger partial charge in [0.2, 0.25) is 0 Å². The number of hydrogen-bond donors (Lipinski definition) is 1. The summed E-state index contributed by atoms with van der Waals surface area (Å²) in [7, 11) is 0. The van der Waals surface area contributed by atoms with Gasteiger partial charge < -0.3 is 5.32 Å². The fourth-order valence-electron chi connectivity index (χ4n) is 3.63. The fourth-order valence-corrected chi connectivity index (χ4v) is 4.91. The van der Waals surface area contributed by atoms with Crippen molar-refractivity contribution >= 4 is 11.8 Å². The van der Waals surface area contributed by atoms with Gasteiger partial charge in [0.1, 0.15) is 0 Å². The minimum atomic E-state index is 0.816. The molecule has 3 saturated heterocycles. The van der Waals surface area contributed by atoms with E-state index >= 15 is 0 Å². The summed E-state index contributed by atoms with van der Waals surface area (Å²) in [4.78, 5) is 2.81. The molecule has 0 aromatic heterocycles. The minimum Gasteiger partial charge on any atom is -0.312 e. The molecule has 92 valence electrons. The van der Waals surface area contributed by atoms with Crippen molar-refractivity contribution in [3.63, 3.8) is 0 Å². The molecule has 0 aliphatic carbocycles. The van der Waals surface area contributed by atoms with E-state index in [4.69, 9.17) is 0 Å². The van der Waals surface area contributed by atoms with Crippen LogP contribution in [0.15, 0.2) is 0 Å². The summed E-state index contributed by atoms with van der Waals surface area (Å²) < 4.78 is 0. The van der Waals surface area contributed by atoms with Gasteiger partial charge in [0.05, 0.1) is 0 Å². The van der Waals surface area contributed by atoms with E-state index in [-0.39, 0.29) is 0 Å². The van der Waals surface area contributed by atoms with E-state index in [0.717, 1.165) is 18.0 Å². The Morgan fingerprint density at radius 3 is 2.94 bits per heavy atom. The first-order valence-corrected chi connectivity index (χ1v) is 8.14. The second-order valence-electron chi connectivity index (χ2n) is 5.64. The van der Waals surface area contributed by atoms with Gasteiger partial charge in [0.15, 0.2) is 0 Å². The average molecular weight is 240 g/mol. The quantitative estimate of drug-likeness (QED) is 0.812. The van der Waals surface area contributed by atoms with E-state index < -0.39 is 0 Å². The zero-order chi connectivity index (χ0) is 10.8. The van der Waals surface area contributed by atoms with Gasteiger partial charge >= 0.3 is 0 Å². The summed E-state index contributed by atoms with van der Waals surface area (Å²) in [5, 5.41) is 3.71. The fraction of sp³-hybridized carbons (Fsp3) is 1.00. The van der Waals surface area contributed by atoms with E-state index in [1.165, 1.54) is 63.2 Å². The largest absolute Gasteiger partial charge is 0.312 e. The smallest absolute Gasteiger partial charge is 0.0249 e. The first-order valence-electron chi connectivity index (χ1n) is 6.98. The van der Waals surface area contributed by atoms with Crippen molar-refractivity contribution in [3.8, 4) is 0 Å². The Morgan fingerprint density at radius 1 is 1.19 bits per heavy atom. The molecule has 0 aromatic rings. The van der Waals surface area contributed by atoms with Crippen LogP contribution in [0.2, 0.25) is 0 Å². The number of hydrogen-bond acceptors (Lipinski definition) is 3. The van der Waals surface area contributed by atoms with Crippen LogP contribution in [0.3, 0.4) is 0 Å². The van der Waals surface area contributed by atoms with Gasteiger partial charge in [-0.15, -0.1) is 0 Å². The van der Waals surface area contributed by atoms with Gasteiger partial charge in [-0.25, -0.2) is 0 Å². The Morgan fingerprint density at radius 2 is 2.19 bits per heavy atom. The lowest BCUT2D eigenvalue weighted by atomic mass is 10.0. The van der Waals surface area contributed by atoms with Gasteiger partial charge in [-0.05, 0) is 62.6 Å². The van der Waals surface area contributed by atoms with Crippen molar-refractivity contribution in [1.82, 2.24) is 10.2 Å². The first kappa shape index (κ1) is 11.4. The molecule has 0 saturated carbocycles. The molecule has 0 bridgehead atoms. The highest BCUT2D eigenvalue weighted by molar-refractivity contribution is 7.99. The maximum atomic E-state index is 3.71. The maximum absolute atomic E-state index is 3.71. The molecule has 3 aliphatic heterocycles. The summed E-state index contributed by atoms with van der Waals surface area (Å²) >= 11 is 2.16. The third-order valence-electron chi connectivity index (χ3n) is 4.49. The monoisotopic (exact) mass is 240 g/mol. The van der Waals surface area contributed by atoms with Gasteiger partial charge in [0.25, 0.3) is 0 Å². The van der Waals surface area contributed by atoms with Gasteiger partial charge in [0, 0.05) is 18.6 Å². The Labute approximate surface area is 104 Å². The van der Waals surface area contributed by atoms with E-state index in [0.29, 0.717) is 0 Å². The molecule has 1 N–H and O–H groups in total. The van der Waals surface area contributed by atoms with Crippen molar-refractivity contribution in [2.75, 3.05) is 31.1 Å². The molecule has 3 fully saturated rings. The van der Waals surface area contributed by atoms with E-state index in [9.17, 15) is 0 Å². The molecule has 3 heterocycles. The van der Waals surface area contributed by atoms with Gasteiger partial charge in [-0.1, -0.05) is 0 Å². The van der Waals surface area contributed by atoms with Crippen molar-refractivity contribution in [3.05, 3.63) is 0 Å². The molecule has 0 aromatic carbocycles. The highest BCUT2D eigenvalue weighted by Gasteiger charge is 2.34. The highest BCUT2D eigenvalue weighted by atomic mass is 32.2. The lowest BCUT2D eigenvalue weighted by Crippen LogP contribution is -2.45. The van der Waals surface area contributed by atoms with E-state index in [1.807, 2.05) is 0 Å². The Balaban J connectivity index is 1.55. The third-order valence-corrected chi connectivity index (χ3v) is 5.73. The van der Waals surface area contributed by atoms with Crippen molar-refractivity contribution in [2.24, 2.45) is 5.92 Å². The van der Waals surface area contributed by atoms with Gasteiger partial charge in [-0.3, -0.25) is 4.90 Å². The Hall–Kier alpha value is 0.270. The summed E-state index contributed by atoms with van der Waals surface area (Å²) in [5.74, 6) is 3.82. The highest BCUT2D eigenvalue weighted by Crippen LogP contribution is 2.29. The van der Waals surface area contributed by atoms with Crippen LogP contribution in [0.4, 0.5) is 0 Å². The second-order valence-corrected chi connectivity index (χ2v) is 6.79. The molecular weight excluding hydrogens is 216 g/mol. The molecule has 3 unspecified atom stereocenters. The molecule has 3 aliphatic rings. The second kappa shape index (κ2) is 5.28. The van der Waals surface area contributed by atoms with E-state index in [1.54, 1.807) is 0 Å². The molecule has 3 rings (SSSR count). The first-order chi connectivity index (χ1) is 7.93. The zero-order valence-electron chi connectivity index (χ0n) is 10.2. The maximum Gasteiger partial charge on any atom is 0.0249 e. The molecule has 2 nitrogen and oxygen atoms in total. The SMILES string of the molecule is C1CNC(C2CCCN2CC2CCSC2)C1. The van der Waals surface area contributed by atoms with Crippen molar-refractivity contribution in [1.29, 1.82) is 0 Å². The molecule has 0 radical (unpaired) electrons. The predicted octanol–water partition coefficient (Wildman–Crippen LogP) is 1.96. The molecule has 3 heteroatoms. The van der Waals surface area contributed by atoms with Crippen LogP contribution in [0, 0.1) is 5.92 Å². The van der Waals surface area contributed by atoms with Crippen LogP contribution in [0.1, 0.15) is 32.1 Å². The summed E-state index contributed by atoms with van der Waals surface area (Å²) in [6.45, 7) is 4.01. The van der Waals surface area contributed by atoms with Crippen molar-refractivity contribution in [2.45, 2.75) is 44.2 Å². The number of likely N-dealkylation sites (tertiary alicyclic amines) is 1. The Bertz CT molecular complexity index is 222. The van der Waals surface area contributed by atoms with Crippen LogP contribution in [0.25, 0.3) is 0 Å². The minimum absolute atomic E-state index is 0.816. The molecule has 16 heavy (non-hydrogen) atoms. The Kier molecular flexibility index (Phi) is 3.75. The molecule has 0 spiro atoms. The van der Waals surface area contributed by atoms with E-state index in [2.05, 4.69) is 22.0 Å². The summed E-state index contributed by atoms with van der Waals surface area (Å²) in [5.41, 5.74) is 0. The van der Waals surface area contributed by atoms with Crippen LogP contribution < -0.4 is 5.32 Å². The normalized spacial score (nSPS) is 40.9. The van der Waals surface area contributed by atoms with Crippen molar-refractivity contribution < 1.29 is 0 Å².